The van der Waals surface area contributed by atoms with Crippen molar-refractivity contribution in [2.24, 2.45) is 0 Å². The lowest BCUT2D eigenvalue weighted by atomic mass is 10.2. The van der Waals surface area contributed by atoms with E-state index in [1.165, 1.54) is 0 Å². The third-order valence-electron chi connectivity index (χ3n) is 2.52. The molecule has 0 amide bonds. The molecule has 4 nitrogen and oxygen atoms in total. The van der Waals surface area contributed by atoms with Gasteiger partial charge in [-0.15, -0.1) is 0 Å². The molecule has 7 heteroatoms. The van der Waals surface area contributed by atoms with Crippen LogP contribution in [0.3, 0.4) is 0 Å². The Morgan fingerprint density at radius 1 is 1.21 bits per heavy atom. The number of rotatable bonds is 4. The van der Waals surface area contributed by atoms with Crippen LogP contribution in [0.25, 0.3) is 11.5 Å². The number of halogens is 3. The Kier molecular flexibility index (Phi) is 3.73. The summed E-state index contributed by atoms with van der Waals surface area (Å²) in [7, 11) is 1.79. The van der Waals surface area contributed by atoms with Gasteiger partial charge in [-0.3, -0.25) is 0 Å². The number of alkyl halides is 3. The zero-order valence-corrected chi connectivity index (χ0v) is 10.2. The first-order valence-electron chi connectivity index (χ1n) is 5.65. The largest absolute Gasteiger partial charge is 0.389 e. The van der Waals surface area contributed by atoms with Crippen molar-refractivity contribution in [3.05, 3.63) is 30.1 Å². The Balaban J connectivity index is 2.07. The molecule has 0 aliphatic carbocycles. The van der Waals surface area contributed by atoms with Crippen LogP contribution in [0.1, 0.15) is 12.2 Å². The maximum atomic E-state index is 12.1. The maximum Gasteiger partial charge on any atom is 0.389 e. The lowest BCUT2D eigenvalue weighted by molar-refractivity contribution is -0.134. The van der Waals surface area contributed by atoms with E-state index >= 15 is 0 Å². The summed E-state index contributed by atoms with van der Waals surface area (Å²) in [5.74, 6) is 0.282. The predicted molar refractivity (Wildman–Crippen MR) is 63.7 cm³/mol. The van der Waals surface area contributed by atoms with Gasteiger partial charge in [-0.2, -0.15) is 18.2 Å². The van der Waals surface area contributed by atoms with Crippen LogP contribution in [-0.4, -0.2) is 23.4 Å². The first-order chi connectivity index (χ1) is 8.98. The van der Waals surface area contributed by atoms with Gasteiger partial charge in [0.1, 0.15) is 0 Å². The summed E-state index contributed by atoms with van der Waals surface area (Å²) < 4.78 is 41.1. The lowest BCUT2D eigenvalue weighted by Gasteiger charge is -2.01. The zero-order valence-electron chi connectivity index (χ0n) is 10.2. The fraction of sp³-hybridized carbons (Fsp3) is 0.333. The molecule has 1 aromatic carbocycles. The summed E-state index contributed by atoms with van der Waals surface area (Å²) in [6, 6.07) is 7.14. The molecule has 0 radical (unpaired) electrons. The van der Waals surface area contributed by atoms with Gasteiger partial charge >= 0.3 is 6.18 Å². The lowest BCUT2D eigenvalue weighted by Crippen LogP contribution is -2.09. The molecular weight excluding hydrogens is 259 g/mol. The highest BCUT2D eigenvalue weighted by atomic mass is 19.4. The highest BCUT2D eigenvalue weighted by molar-refractivity contribution is 5.58. The van der Waals surface area contributed by atoms with Crippen molar-refractivity contribution in [1.82, 2.24) is 10.1 Å². The Morgan fingerprint density at radius 2 is 1.89 bits per heavy atom. The first kappa shape index (κ1) is 13.4. The Bertz CT molecular complexity index is 534. The minimum atomic E-state index is -4.21. The normalized spacial score (nSPS) is 11.6. The average Bonchev–Trinajstić information content (AvgIpc) is 2.84. The topological polar surface area (TPSA) is 51.0 Å². The second-order valence-electron chi connectivity index (χ2n) is 3.96. The van der Waals surface area contributed by atoms with Gasteiger partial charge in [0.15, 0.2) is 5.82 Å². The molecule has 1 N–H and O–H groups in total. The molecule has 0 unspecified atom stereocenters. The Hall–Kier alpha value is -2.05. The van der Waals surface area contributed by atoms with Crippen molar-refractivity contribution in [3.8, 4) is 11.5 Å². The molecule has 2 aromatic rings. The number of hydrogen-bond donors (Lipinski definition) is 1. The quantitative estimate of drug-likeness (QED) is 0.927. The molecule has 0 saturated carbocycles. The van der Waals surface area contributed by atoms with Gasteiger partial charge in [-0.1, -0.05) is 5.16 Å². The van der Waals surface area contributed by atoms with Crippen molar-refractivity contribution < 1.29 is 17.7 Å². The second-order valence-corrected chi connectivity index (χ2v) is 3.96. The van der Waals surface area contributed by atoms with E-state index in [0.717, 1.165) is 5.69 Å². The molecule has 1 heterocycles. The predicted octanol–water partition coefficient (Wildman–Crippen LogP) is 3.27. The standard InChI is InChI=1S/C12H12F3N3O/c1-16-9-4-2-8(3-5-9)11-17-10(18-19-11)6-7-12(13,14)15/h2-5,16H,6-7H2,1H3. The third-order valence-corrected chi connectivity index (χ3v) is 2.52. The molecule has 0 saturated heterocycles. The molecule has 19 heavy (non-hydrogen) atoms. The Labute approximate surface area is 107 Å². The highest BCUT2D eigenvalue weighted by Crippen LogP contribution is 2.23. The number of benzene rings is 1. The van der Waals surface area contributed by atoms with Gasteiger partial charge in [0.2, 0.25) is 0 Å². The summed E-state index contributed by atoms with van der Waals surface area (Å²) >= 11 is 0. The summed E-state index contributed by atoms with van der Waals surface area (Å²) in [6.07, 6.45) is -5.44. The van der Waals surface area contributed by atoms with Crippen LogP contribution in [0.4, 0.5) is 18.9 Å². The van der Waals surface area contributed by atoms with Crippen LogP contribution in [0.15, 0.2) is 28.8 Å². The summed E-state index contributed by atoms with van der Waals surface area (Å²) in [5, 5.41) is 6.49. The molecule has 0 aliphatic rings. The number of nitrogens with one attached hydrogen (secondary N) is 1. The van der Waals surface area contributed by atoms with E-state index in [4.69, 9.17) is 4.52 Å². The van der Waals surface area contributed by atoms with Crippen LogP contribution < -0.4 is 5.32 Å². The maximum absolute atomic E-state index is 12.1. The fourth-order valence-corrected chi connectivity index (χ4v) is 1.51. The highest BCUT2D eigenvalue weighted by Gasteiger charge is 2.27. The molecule has 0 aliphatic heterocycles. The van der Waals surface area contributed by atoms with Crippen LogP contribution >= 0.6 is 0 Å². The van der Waals surface area contributed by atoms with E-state index in [2.05, 4.69) is 15.5 Å². The van der Waals surface area contributed by atoms with E-state index < -0.39 is 12.6 Å². The smallest absolute Gasteiger partial charge is 0.388 e. The minimum absolute atomic E-state index is 0.0602. The Morgan fingerprint density at radius 3 is 2.47 bits per heavy atom. The van der Waals surface area contributed by atoms with E-state index in [1.54, 1.807) is 19.2 Å². The number of aromatic nitrogens is 2. The molecular formula is C12H12F3N3O. The van der Waals surface area contributed by atoms with Crippen molar-refractivity contribution in [1.29, 1.82) is 0 Å². The van der Waals surface area contributed by atoms with Crippen LogP contribution in [0, 0.1) is 0 Å². The second kappa shape index (κ2) is 5.29. The molecule has 0 atom stereocenters. The third kappa shape index (κ3) is 3.70. The van der Waals surface area contributed by atoms with E-state index in [9.17, 15) is 13.2 Å². The molecule has 0 fully saturated rings. The molecule has 0 spiro atoms. The molecule has 2 rings (SSSR count). The molecule has 102 valence electrons. The van der Waals surface area contributed by atoms with Crippen LogP contribution in [0.5, 0.6) is 0 Å². The van der Waals surface area contributed by atoms with Crippen LogP contribution in [0.2, 0.25) is 0 Å². The zero-order chi connectivity index (χ0) is 13.9. The van der Waals surface area contributed by atoms with Gasteiger partial charge in [0.25, 0.3) is 5.89 Å². The average molecular weight is 271 g/mol. The van der Waals surface area contributed by atoms with Crippen molar-refractivity contribution in [2.75, 3.05) is 12.4 Å². The summed E-state index contributed by atoms with van der Waals surface area (Å²) in [5.41, 5.74) is 1.59. The number of aryl methyl sites for hydroxylation is 1. The minimum Gasteiger partial charge on any atom is -0.388 e. The van der Waals surface area contributed by atoms with Gasteiger partial charge < -0.3 is 9.84 Å². The monoisotopic (exact) mass is 271 g/mol. The van der Waals surface area contributed by atoms with Crippen molar-refractivity contribution >= 4 is 5.69 Å². The summed E-state index contributed by atoms with van der Waals surface area (Å²) in [6.45, 7) is 0. The van der Waals surface area contributed by atoms with E-state index in [-0.39, 0.29) is 18.1 Å². The van der Waals surface area contributed by atoms with E-state index in [1.807, 2.05) is 12.1 Å². The van der Waals surface area contributed by atoms with Crippen molar-refractivity contribution in [3.63, 3.8) is 0 Å². The first-order valence-corrected chi connectivity index (χ1v) is 5.65. The fourth-order valence-electron chi connectivity index (χ4n) is 1.51. The van der Waals surface area contributed by atoms with Crippen LogP contribution in [-0.2, 0) is 6.42 Å². The molecule has 0 bridgehead atoms. The van der Waals surface area contributed by atoms with E-state index in [0.29, 0.717) is 5.56 Å². The molecule has 1 aromatic heterocycles. The summed E-state index contributed by atoms with van der Waals surface area (Å²) in [4.78, 5) is 3.94. The number of hydrogen-bond acceptors (Lipinski definition) is 4. The van der Waals surface area contributed by atoms with Gasteiger partial charge in [0.05, 0.1) is 6.42 Å². The number of anilines is 1. The van der Waals surface area contributed by atoms with Gasteiger partial charge in [-0.05, 0) is 24.3 Å². The van der Waals surface area contributed by atoms with Gasteiger partial charge in [0, 0.05) is 24.7 Å². The number of nitrogens with zero attached hydrogens (tertiary/aromatic N) is 2. The van der Waals surface area contributed by atoms with Crippen molar-refractivity contribution in [2.45, 2.75) is 19.0 Å². The van der Waals surface area contributed by atoms with Gasteiger partial charge in [-0.25, -0.2) is 0 Å². The SMILES string of the molecule is CNc1ccc(-c2nc(CCC(F)(F)F)no2)cc1.